The number of benzene rings is 1. The molecular formula is C14H23NO2. The predicted octanol–water partition coefficient (Wildman–Crippen LogP) is 1.91. The summed E-state index contributed by atoms with van der Waals surface area (Å²) >= 11 is 0. The summed E-state index contributed by atoms with van der Waals surface area (Å²) in [7, 11) is 1.69. The number of hydrogen-bond donors (Lipinski definition) is 2. The number of ether oxygens (including phenoxy) is 1. The van der Waals surface area contributed by atoms with E-state index in [-0.39, 0.29) is 12.1 Å². The van der Waals surface area contributed by atoms with Crippen LogP contribution in [-0.4, -0.2) is 30.9 Å². The Morgan fingerprint density at radius 2 is 2.06 bits per heavy atom. The Morgan fingerprint density at radius 3 is 2.65 bits per heavy atom. The largest absolute Gasteiger partial charge is 0.496 e. The zero-order valence-corrected chi connectivity index (χ0v) is 11.2. The van der Waals surface area contributed by atoms with E-state index in [1.54, 1.807) is 7.11 Å². The van der Waals surface area contributed by atoms with Gasteiger partial charge in [0.25, 0.3) is 0 Å². The van der Waals surface area contributed by atoms with Crippen molar-refractivity contribution in [1.29, 1.82) is 0 Å². The number of nitrogens with one attached hydrogen (secondary N) is 1. The first-order valence-electron chi connectivity index (χ1n) is 5.98. The minimum atomic E-state index is -0.225. The maximum absolute atomic E-state index is 9.15. The lowest BCUT2D eigenvalue weighted by molar-refractivity contribution is 0.189. The summed E-state index contributed by atoms with van der Waals surface area (Å²) in [5.74, 6) is 0.930. The second-order valence-corrected chi connectivity index (χ2v) is 5.03. The predicted molar refractivity (Wildman–Crippen MR) is 70.6 cm³/mol. The summed E-state index contributed by atoms with van der Waals surface area (Å²) in [6.07, 6.45) is 0.897. The summed E-state index contributed by atoms with van der Waals surface area (Å²) in [6.45, 7) is 7.01. The number of rotatable bonds is 6. The first-order chi connectivity index (χ1) is 7.98. The second-order valence-electron chi connectivity index (χ2n) is 5.03. The molecule has 0 heterocycles. The lowest BCUT2D eigenvalue weighted by Gasteiger charge is -2.23. The zero-order valence-electron chi connectivity index (χ0n) is 11.2. The summed E-state index contributed by atoms with van der Waals surface area (Å²) in [5, 5.41) is 12.5. The normalized spacial score (nSPS) is 11.6. The van der Waals surface area contributed by atoms with Crippen LogP contribution in [0.1, 0.15) is 25.0 Å². The van der Waals surface area contributed by atoms with Crippen molar-refractivity contribution >= 4 is 0 Å². The maximum Gasteiger partial charge on any atom is 0.122 e. The van der Waals surface area contributed by atoms with E-state index in [2.05, 4.69) is 18.3 Å². The quantitative estimate of drug-likeness (QED) is 0.794. The molecular weight excluding hydrogens is 214 g/mol. The van der Waals surface area contributed by atoms with Crippen molar-refractivity contribution in [2.75, 3.05) is 20.3 Å². The second kappa shape index (κ2) is 6.03. The van der Waals surface area contributed by atoms with Crippen LogP contribution in [0.15, 0.2) is 18.2 Å². The minimum absolute atomic E-state index is 0.137. The number of aliphatic hydroxyl groups is 1. The molecule has 3 heteroatoms. The van der Waals surface area contributed by atoms with Gasteiger partial charge in [-0.3, -0.25) is 0 Å². The van der Waals surface area contributed by atoms with Crippen LogP contribution in [0, 0.1) is 6.92 Å². The average molecular weight is 237 g/mol. The zero-order chi connectivity index (χ0) is 12.9. The molecule has 0 bridgehead atoms. The summed E-state index contributed by atoms with van der Waals surface area (Å²) in [4.78, 5) is 0. The molecule has 0 saturated carbocycles. The van der Waals surface area contributed by atoms with Gasteiger partial charge in [0.05, 0.1) is 13.7 Å². The summed E-state index contributed by atoms with van der Waals surface area (Å²) < 4.78 is 5.33. The van der Waals surface area contributed by atoms with Crippen LogP contribution in [0.4, 0.5) is 0 Å². The molecule has 0 aliphatic heterocycles. The van der Waals surface area contributed by atoms with E-state index >= 15 is 0 Å². The van der Waals surface area contributed by atoms with Gasteiger partial charge in [-0.1, -0.05) is 17.7 Å². The standard InChI is InChI=1S/C14H23NO2/c1-11-5-6-13(17-4)12(9-11)7-8-15-14(2,3)10-16/h5-6,9,15-16H,7-8,10H2,1-4H3. The molecule has 1 rings (SSSR count). The third-order valence-electron chi connectivity index (χ3n) is 2.83. The highest BCUT2D eigenvalue weighted by Gasteiger charge is 2.14. The molecule has 2 N–H and O–H groups in total. The topological polar surface area (TPSA) is 41.5 Å². The third kappa shape index (κ3) is 4.36. The van der Waals surface area contributed by atoms with Crippen LogP contribution >= 0.6 is 0 Å². The van der Waals surface area contributed by atoms with E-state index in [0.29, 0.717) is 0 Å². The van der Waals surface area contributed by atoms with Gasteiger partial charge in [-0.25, -0.2) is 0 Å². The molecule has 0 spiro atoms. The number of aliphatic hydroxyl groups excluding tert-OH is 1. The fraction of sp³-hybridized carbons (Fsp3) is 0.571. The molecule has 0 aromatic heterocycles. The number of hydrogen-bond acceptors (Lipinski definition) is 3. The Kier molecular flexibility index (Phi) is 4.97. The summed E-state index contributed by atoms with van der Waals surface area (Å²) in [6, 6.07) is 6.20. The number of methoxy groups -OCH3 is 1. The van der Waals surface area contributed by atoms with Crippen molar-refractivity contribution in [3.63, 3.8) is 0 Å². The molecule has 0 aliphatic carbocycles. The Bertz CT molecular complexity index is 361. The fourth-order valence-electron chi connectivity index (χ4n) is 1.69. The molecule has 0 fully saturated rings. The lowest BCUT2D eigenvalue weighted by Crippen LogP contribution is -2.43. The van der Waals surface area contributed by atoms with Crippen LogP contribution < -0.4 is 10.1 Å². The molecule has 1 aromatic rings. The average Bonchev–Trinajstić information content (AvgIpc) is 2.29. The molecule has 0 aliphatic rings. The third-order valence-corrected chi connectivity index (χ3v) is 2.83. The van der Waals surface area contributed by atoms with Crippen molar-refractivity contribution in [3.05, 3.63) is 29.3 Å². The van der Waals surface area contributed by atoms with Crippen molar-refractivity contribution in [2.45, 2.75) is 32.7 Å². The van der Waals surface area contributed by atoms with Crippen molar-refractivity contribution in [2.24, 2.45) is 0 Å². The van der Waals surface area contributed by atoms with E-state index in [1.165, 1.54) is 11.1 Å². The van der Waals surface area contributed by atoms with E-state index in [9.17, 15) is 0 Å². The van der Waals surface area contributed by atoms with Crippen LogP contribution in [0.5, 0.6) is 5.75 Å². The van der Waals surface area contributed by atoms with Gasteiger partial charge in [-0.15, -0.1) is 0 Å². The number of aryl methyl sites for hydroxylation is 1. The van der Waals surface area contributed by atoms with Gasteiger partial charge in [0.2, 0.25) is 0 Å². The van der Waals surface area contributed by atoms with E-state index in [1.807, 2.05) is 26.0 Å². The van der Waals surface area contributed by atoms with Gasteiger partial charge in [0.15, 0.2) is 0 Å². The SMILES string of the molecule is COc1ccc(C)cc1CCNC(C)(C)CO. The van der Waals surface area contributed by atoms with Gasteiger partial charge in [-0.05, 0) is 45.4 Å². The molecule has 0 saturated heterocycles. The van der Waals surface area contributed by atoms with Crippen LogP contribution in [0.25, 0.3) is 0 Å². The Hall–Kier alpha value is -1.06. The Labute approximate surface area is 104 Å². The molecule has 17 heavy (non-hydrogen) atoms. The first kappa shape index (κ1) is 14.0. The minimum Gasteiger partial charge on any atom is -0.496 e. The molecule has 0 radical (unpaired) electrons. The van der Waals surface area contributed by atoms with E-state index in [0.717, 1.165) is 18.7 Å². The van der Waals surface area contributed by atoms with Crippen LogP contribution in [-0.2, 0) is 6.42 Å². The monoisotopic (exact) mass is 237 g/mol. The van der Waals surface area contributed by atoms with Gasteiger partial charge in [-0.2, -0.15) is 0 Å². The molecule has 0 amide bonds. The van der Waals surface area contributed by atoms with E-state index in [4.69, 9.17) is 9.84 Å². The fourth-order valence-corrected chi connectivity index (χ4v) is 1.69. The highest BCUT2D eigenvalue weighted by Crippen LogP contribution is 2.19. The van der Waals surface area contributed by atoms with Gasteiger partial charge in [0, 0.05) is 5.54 Å². The van der Waals surface area contributed by atoms with Crippen molar-refractivity contribution in [3.8, 4) is 5.75 Å². The highest BCUT2D eigenvalue weighted by molar-refractivity contribution is 5.37. The smallest absolute Gasteiger partial charge is 0.122 e. The highest BCUT2D eigenvalue weighted by atomic mass is 16.5. The molecule has 0 unspecified atom stereocenters. The first-order valence-corrected chi connectivity index (χ1v) is 5.98. The molecule has 1 aromatic carbocycles. The lowest BCUT2D eigenvalue weighted by atomic mass is 10.0. The Morgan fingerprint density at radius 1 is 1.35 bits per heavy atom. The van der Waals surface area contributed by atoms with Crippen LogP contribution in [0.2, 0.25) is 0 Å². The Balaban J connectivity index is 2.59. The maximum atomic E-state index is 9.15. The summed E-state index contributed by atoms with van der Waals surface area (Å²) in [5.41, 5.74) is 2.22. The van der Waals surface area contributed by atoms with Crippen molar-refractivity contribution in [1.82, 2.24) is 5.32 Å². The van der Waals surface area contributed by atoms with Crippen molar-refractivity contribution < 1.29 is 9.84 Å². The molecule has 3 nitrogen and oxygen atoms in total. The van der Waals surface area contributed by atoms with Crippen LogP contribution in [0.3, 0.4) is 0 Å². The van der Waals surface area contributed by atoms with Gasteiger partial charge < -0.3 is 15.2 Å². The molecule has 0 atom stereocenters. The van der Waals surface area contributed by atoms with E-state index < -0.39 is 0 Å². The van der Waals surface area contributed by atoms with Gasteiger partial charge >= 0.3 is 0 Å². The van der Waals surface area contributed by atoms with Gasteiger partial charge in [0.1, 0.15) is 5.75 Å². The molecule has 96 valence electrons.